The molecule has 0 heterocycles. The van der Waals surface area contributed by atoms with Gasteiger partial charge in [0.2, 0.25) is 5.85 Å². The van der Waals surface area contributed by atoms with Crippen LogP contribution in [0.5, 0.6) is 0 Å². The van der Waals surface area contributed by atoms with Crippen molar-refractivity contribution in [2.24, 2.45) is 0 Å². The summed E-state index contributed by atoms with van der Waals surface area (Å²) >= 11 is 0. The lowest BCUT2D eigenvalue weighted by Gasteiger charge is -2.16. The number of halogens is 1. The van der Waals surface area contributed by atoms with Crippen molar-refractivity contribution in [2.75, 3.05) is 6.26 Å². The molecule has 5 heteroatoms. The molecule has 1 aliphatic carbocycles. The van der Waals surface area contributed by atoms with Crippen LogP contribution >= 0.6 is 0 Å². The van der Waals surface area contributed by atoms with Crippen LogP contribution in [-0.2, 0) is 22.1 Å². The first-order valence-electron chi connectivity index (χ1n) is 4.56. The highest BCUT2D eigenvalue weighted by Crippen LogP contribution is 2.41. The minimum absolute atomic E-state index is 0.0745. The molecule has 1 atom stereocenters. The lowest BCUT2D eigenvalue weighted by molar-refractivity contribution is -0.0948. The van der Waals surface area contributed by atoms with E-state index in [4.69, 9.17) is 0 Å². The van der Waals surface area contributed by atoms with E-state index in [0.717, 1.165) is 6.26 Å². The maximum Gasteiger partial charge on any atom is 0.234 e. The summed E-state index contributed by atoms with van der Waals surface area (Å²) in [5, 5.41) is 9.46. The van der Waals surface area contributed by atoms with Crippen molar-refractivity contribution in [3.05, 3.63) is 29.3 Å². The van der Waals surface area contributed by atoms with Crippen molar-refractivity contribution in [3.8, 4) is 0 Å². The molecule has 0 aliphatic heterocycles. The quantitative estimate of drug-likeness (QED) is 0.787. The molecule has 1 N–H and O–H groups in total. The number of aliphatic hydroxyl groups is 1. The summed E-state index contributed by atoms with van der Waals surface area (Å²) in [7, 11) is -3.50. The van der Waals surface area contributed by atoms with Gasteiger partial charge in [0, 0.05) is 18.2 Å². The lowest BCUT2D eigenvalue weighted by atomic mass is 10.1. The minimum atomic E-state index is -3.50. The predicted molar refractivity (Wildman–Crippen MR) is 52.9 cm³/mol. The predicted octanol–water partition coefficient (Wildman–Crippen LogP) is 1.15. The molecule has 1 unspecified atom stereocenters. The summed E-state index contributed by atoms with van der Waals surface area (Å²) in [5.74, 6) is -2.50. The van der Waals surface area contributed by atoms with Crippen molar-refractivity contribution in [1.29, 1.82) is 0 Å². The van der Waals surface area contributed by atoms with Gasteiger partial charge in [0.15, 0.2) is 9.84 Å². The zero-order valence-corrected chi connectivity index (χ0v) is 9.01. The fraction of sp³-hybridized carbons (Fsp3) is 0.400. The standard InChI is InChI=1S/C10H11FO3S/c1-15(13,14)8-4-2-3-7-5-6-10(11,12)9(7)8/h2-4,12H,5-6H2,1H3. The summed E-state index contributed by atoms with van der Waals surface area (Å²) in [6.07, 6.45) is 1.30. The Bertz CT molecular complexity index is 505. The minimum Gasteiger partial charge on any atom is -0.358 e. The van der Waals surface area contributed by atoms with Gasteiger partial charge in [0.05, 0.1) is 4.90 Å². The van der Waals surface area contributed by atoms with Crippen LogP contribution in [0.2, 0.25) is 0 Å². The van der Waals surface area contributed by atoms with E-state index >= 15 is 0 Å². The second-order valence-corrected chi connectivity index (χ2v) is 5.81. The lowest BCUT2D eigenvalue weighted by Crippen LogP contribution is -2.18. The fourth-order valence-corrected chi connectivity index (χ4v) is 2.94. The Labute approximate surface area is 87.5 Å². The number of rotatable bonds is 1. The van der Waals surface area contributed by atoms with Gasteiger partial charge in [-0.2, -0.15) is 0 Å². The van der Waals surface area contributed by atoms with Gasteiger partial charge in [-0.25, -0.2) is 12.8 Å². The molecule has 2 rings (SSSR count). The molecule has 1 aromatic carbocycles. The van der Waals surface area contributed by atoms with E-state index in [2.05, 4.69) is 0 Å². The molecule has 0 saturated carbocycles. The van der Waals surface area contributed by atoms with Crippen molar-refractivity contribution in [3.63, 3.8) is 0 Å². The van der Waals surface area contributed by atoms with Crippen LogP contribution in [-0.4, -0.2) is 19.8 Å². The summed E-state index contributed by atoms with van der Waals surface area (Å²) in [4.78, 5) is -0.109. The van der Waals surface area contributed by atoms with Crippen molar-refractivity contribution >= 4 is 9.84 Å². The van der Waals surface area contributed by atoms with E-state index in [1.54, 1.807) is 12.1 Å². The Morgan fingerprint density at radius 3 is 2.73 bits per heavy atom. The van der Waals surface area contributed by atoms with Crippen LogP contribution in [0.4, 0.5) is 4.39 Å². The van der Waals surface area contributed by atoms with E-state index in [1.165, 1.54) is 6.07 Å². The van der Waals surface area contributed by atoms with Gasteiger partial charge in [0.25, 0.3) is 0 Å². The maximum atomic E-state index is 13.7. The Kier molecular flexibility index (Phi) is 2.13. The second-order valence-electron chi connectivity index (χ2n) is 3.82. The van der Waals surface area contributed by atoms with E-state index in [-0.39, 0.29) is 16.9 Å². The first kappa shape index (κ1) is 10.6. The van der Waals surface area contributed by atoms with Crippen LogP contribution < -0.4 is 0 Å². The van der Waals surface area contributed by atoms with Gasteiger partial charge >= 0.3 is 0 Å². The van der Waals surface area contributed by atoms with Gasteiger partial charge in [-0.1, -0.05) is 12.1 Å². The van der Waals surface area contributed by atoms with Gasteiger partial charge in [0.1, 0.15) is 0 Å². The fourth-order valence-electron chi connectivity index (χ4n) is 1.95. The number of alkyl halides is 1. The Hall–Kier alpha value is -0.940. The Balaban J connectivity index is 2.76. The molecular formula is C10H11FO3S. The summed E-state index contributed by atoms with van der Waals surface area (Å²) in [5.41, 5.74) is 0.496. The highest BCUT2D eigenvalue weighted by atomic mass is 32.2. The molecule has 0 bridgehead atoms. The molecular weight excluding hydrogens is 219 g/mol. The van der Waals surface area contributed by atoms with Crippen LogP contribution in [0.25, 0.3) is 0 Å². The molecule has 3 nitrogen and oxygen atoms in total. The number of hydrogen-bond donors (Lipinski definition) is 1. The Morgan fingerprint density at radius 2 is 2.13 bits per heavy atom. The number of hydrogen-bond acceptors (Lipinski definition) is 3. The van der Waals surface area contributed by atoms with Crippen LogP contribution in [0.15, 0.2) is 23.1 Å². The van der Waals surface area contributed by atoms with Gasteiger partial charge in [-0.3, -0.25) is 0 Å². The summed E-state index contributed by atoms with van der Waals surface area (Å²) < 4.78 is 36.5. The smallest absolute Gasteiger partial charge is 0.234 e. The normalized spacial score (nSPS) is 25.3. The molecule has 1 aliphatic rings. The first-order chi connectivity index (χ1) is 6.82. The topological polar surface area (TPSA) is 54.4 Å². The molecule has 0 saturated heterocycles. The van der Waals surface area contributed by atoms with Gasteiger partial charge < -0.3 is 5.11 Å². The highest BCUT2D eigenvalue weighted by molar-refractivity contribution is 7.90. The third-order valence-electron chi connectivity index (χ3n) is 2.62. The van der Waals surface area contributed by atoms with E-state index in [1.807, 2.05) is 0 Å². The van der Waals surface area contributed by atoms with E-state index < -0.39 is 15.7 Å². The van der Waals surface area contributed by atoms with E-state index in [0.29, 0.717) is 12.0 Å². The zero-order chi connectivity index (χ0) is 11.3. The average Bonchev–Trinajstić information content (AvgIpc) is 2.41. The molecule has 0 amide bonds. The van der Waals surface area contributed by atoms with Gasteiger partial charge in [-0.05, 0) is 18.1 Å². The van der Waals surface area contributed by atoms with Gasteiger partial charge in [-0.15, -0.1) is 0 Å². The maximum absolute atomic E-state index is 13.7. The Morgan fingerprint density at radius 1 is 1.47 bits per heavy atom. The monoisotopic (exact) mass is 230 g/mol. The first-order valence-corrected chi connectivity index (χ1v) is 6.45. The third-order valence-corrected chi connectivity index (χ3v) is 3.76. The SMILES string of the molecule is CS(=O)(=O)c1cccc2c1C(O)(F)CC2. The number of aryl methyl sites for hydroxylation is 1. The van der Waals surface area contributed by atoms with Crippen LogP contribution in [0, 0.1) is 0 Å². The zero-order valence-electron chi connectivity index (χ0n) is 8.20. The summed E-state index contributed by atoms with van der Waals surface area (Å²) in [6.45, 7) is 0. The van der Waals surface area contributed by atoms with Crippen molar-refractivity contribution in [1.82, 2.24) is 0 Å². The average molecular weight is 230 g/mol. The molecule has 0 spiro atoms. The van der Waals surface area contributed by atoms with Crippen LogP contribution in [0.1, 0.15) is 17.5 Å². The summed E-state index contributed by atoms with van der Waals surface area (Å²) in [6, 6.07) is 4.53. The molecule has 0 radical (unpaired) electrons. The molecule has 1 aromatic rings. The second kappa shape index (κ2) is 3.02. The number of sulfone groups is 1. The van der Waals surface area contributed by atoms with E-state index in [9.17, 15) is 17.9 Å². The molecule has 0 fully saturated rings. The number of fused-ring (bicyclic) bond motifs is 1. The molecule has 15 heavy (non-hydrogen) atoms. The largest absolute Gasteiger partial charge is 0.358 e. The molecule has 0 aromatic heterocycles. The van der Waals surface area contributed by atoms with Crippen LogP contribution in [0.3, 0.4) is 0 Å². The highest BCUT2D eigenvalue weighted by Gasteiger charge is 2.40. The molecule has 82 valence electrons. The van der Waals surface area contributed by atoms with Crippen molar-refractivity contribution in [2.45, 2.75) is 23.6 Å². The van der Waals surface area contributed by atoms with Crippen molar-refractivity contribution < 1.29 is 17.9 Å². The number of benzene rings is 1. The third kappa shape index (κ3) is 1.66.